The first-order valence-corrected chi connectivity index (χ1v) is 13.1. The normalized spacial score (nSPS) is 11.4. The fourth-order valence-corrected chi connectivity index (χ4v) is 4.33. The molecule has 0 spiro atoms. The molecule has 3 aromatic carbocycles. The van der Waals surface area contributed by atoms with Gasteiger partial charge in [-0.15, -0.1) is 0 Å². The van der Waals surface area contributed by atoms with E-state index in [0.29, 0.717) is 17.8 Å². The Labute approximate surface area is 202 Å². The van der Waals surface area contributed by atoms with Crippen molar-refractivity contribution in [1.29, 1.82) is 0 Å². The van der Waals surface area contributed by atoms with Crippen LogP contribution in [-0.4, -0.2) is 26.7 Å². The fourth-order valence-electron chi connectivity index (χ4n) is 3.45. The molecule has 0 aliphatic heterocycles. The van der Waals surface area contributed by atoms with Crippen LogP contribution in [-0.2, 0) is 23.1 Å². The number of hydrogen-bond donors (Lipinski definition) is 1. The maximum atomic E-state index is 12.6. The Bertz CT molecular complexity index is 1230. The lowest BCUT2D eigenvalue weighted by Gasteiger charge is -2.23. The number of hydrogen-bond acceptors (Lipinski definition) is 4. The number of nitrogens with one attached hydrogen (secondary N) is 1. The highest BCUT2D eigenvalue weighted by molar-refractivity contribution is 7.92. The number of benzene rings is 3. The van der Waals surface area contributed by atoms with Crippen molar-refractivity contribution in [2.75, 3.05) is 10.6 Å². The third-order valence-electron chi connectivity index (χ3n) is 5.47. The first-order chi connectivity index (χ1) is 16.0. The van der Waals surface area contributed by atoms with E-state index in [-0.39, 0.29) is 18.6 Å². The minimum atomic E-state index is -3.48. The molecule has 0 saturated heterocycles. The molecule has 6 nitrogen and oxygen atoms in total. The zero-order valence-corrected chi connectivity index (χ0v) is 21.1. The standard InChI is InChI=1S/C27H32N2O4S/c1-19(2)33-26-14-9-22(10-15-26)17-28-27(30)24-11-7-23(8-12-24)18-29(34(5,31)32)25-13-6-20(3)21(4)16-25/h6-16,19H,17-18H2,1-5H3,(H,28,30). The van der Waals surface area contributed by atoms with Gasteiger partial charge in [-0.1, -0.05) is 30.3 Å². The van der Waals surface area contributed by atoms with Gasteiger partial charge in [0.1, 0.15) is 5.75 Å². The molecule has 0 bridgehead atoms. The average Bonchev–Trinajstić information content (AvgIpc) is 2.78. The quantitative estimate of drug-likeness (QED) is 0.468. The number of carbonyl (C=O) groups is 1. The number of sulfonamides is 1. The summed E-state index contributed by atoms with van der Waals surface area (Å²) in [5, 5.41) is 2.91. The van der Waals surface area contributed by atoms with Crippen molar-refractivity contribution >= 4 is 21.6 Å². The molecule has 0 aliphatic carbocycles. The van der Waals surface area contributed by atoms with Crippen molar-refractivity contribution in [1.82, 2.24) is 5.32 Å². The Balaban J connectivity index is 1.65. The highest BCUT2D eigenvalue weighted by Gasteiger charge is 2.18. The Morgan fingerprint density at radius 2 is 1.53 bits per heavy atom. The Kier molecular flexibility index (Phi) is 7.99. The molecule has 3 rings (SSSR count). The molecule has 34 heavy (non-hydrogen) atoms. The molecule has 1 N–H and O–H groups in total. The second kappa shape index (κ2) is 10.7. The van der Waals surface area contributed by atoms with E-state index < -0.39 is 10.0 Å². The number of aryl methyl sites for hydroxylation is 2. The largest absolute Gasteiger partial charge is 0.491 e. The topological polar surface area (TPSA) is 75.7 Å². The highest BCUT2D eigenvalue weighted by Crippen LogP contribution is 2.23. The number of nitrogens with zero attached hydrogens (tertiary/aromatic N) is 1. The van der Waals surface area contributed by atoms with Crippen LogP contribution in [0.15, 0.2) is 66.7 Å². The van der Waals surface area contributed by atoms with Gasteiger partial charge < -0.3 is 10.1 Å². The van der Waals surface area contributed by atoms with Crippen molar-refractivity contribution in [3.63, 3.8) is 0 Å². The number of anilines is 1. The summed E-state index contributed by atoms with van der Waals surface area (Å²) in [7, 11) is -3.48. The molecule has 0 atom stereocenters. The van der Waals surface area contributed by atoms with Gasteiger partial charge in [-0.05, 0) is 86.3 Å². The van der Waals surface area contributed by atoms with Gasteiger partial charge in [0.05, 0.1) is 24.6 Å². The summed E-state index contributed by atoms with van der Waals surface area (Å²) < 4.78 is 31.9. The van der Waals surface area contributed by atoms with Crippen LogP contribution in [0.4, 0.5) is 5.69 Å². The van der Waals surface area contributed by atoms with E-state index in [0.717, 1.165) is 28.0 Å². The summed E-state index contributed by atoms with van der Waals surface area (Å²) in [5.74, 6) is 0.604. The zero-order valence-electron chi connectivity index (χ0n) is 20.3. The molecule has 0 fully saturated rings. The molecule has 0 radical (unpaired) electrons. The molecule has 7 heteroatoms. The summed E-state index contributed by atoms with van der Waals surface area (Å²) in [6, 6.07) is 20.2. The molecular formula is C27H32N2O4S. The molecular weight excluding hydrogens is 448 g/mol. The van der Waals surface area contributed by atoms with E-state index >= 15 is 0 Å². The molecule has 180 valence electrons. The van der Waals surface area contributed by atoms with Crippen molar-refractivity contribution in [3.8, 4) is 5.75 Å². The molecule has 0 aliphatic rings. The van der Waals surface area contributed by atoms with E-state index in [1.165, 1.54) is 10.6 Å². The molecule has 0 unspecified atom stereocenters. The van der Waals surface area contributed by atoms with E-state index in [4.69, 9.17) is 4.74 Å². The Morgan fingerprint density at radius 1 is 0.912 bits per heavy atom. The smallest absolute Gasteiger partial charge is 0.251 e. The first kappa shape index (κ1) is 25.3. The van der Waals surface area contributed by atoms with Gasteiger partial charge in [0.15, 0.2) is 0 Å². The van der Waals surface area contributed by atoms with Crippen LogP contribution >= 0.6 is 0 Å². The van der Waals surface area contributed by atoms with Crippen LogP contribution in [0.2, 0.25) is 0 Å². The molecule has 0 saturated carbocycles. The lowest BCUT2D eigenvalue weighted by atomic mass is 10.1. The maximum Gasteiger partial charge on any atom is 0.251 e. The van der Waals surface area contributed by atoms with Gasteiger partial charge in [-0.25, -0.2) is 8.42 Å². The third-order valence-corrected chi connectivity index (χ3v) is 6.61. The minimum absolute atomic E-state index is 0.110. The van der Waals surface area contributed by atoms with Crippen LogP contribution in [0.1, 0.15) is 46.5 Å². The van der Waals surface area contributed by atoms with Gasteiger partial charge >= 0.3 is 0 Å². The predicted molar refractivity (Wildman–Crippen MR) is 137 cm³/mol. The van der Waals surface area contributed by atoms with E-state index in [1.54, 1.807) is 24.3 Å². The Morgan fingerprint density at radius 3 is 2.09 bits per heavy atom. The SMILES string of the molecule is Cc1ccc(N(Cc2ccc(C(=O)NCc3ccc(OC(C)C)cc3)cc2)S(C)(=O)=O)cc1C. The highest BCUT2D eigenvalue weighted by atomic mass is 32.2. The van der Waals surface area contributed by atoms with Gasteiger partial charge in [0.2, 0.25) is 10.0 Å². The minimum Gasteiger partial charge on any atom is -0.491 e. The predicted octanol–water partition coefficient (Wildman–Crippen LogP) is 4.99. The molecule has 0 aromatic heterocycles. The van der Waals surface area contributed by atoms with Crippen LogP contribution in [0, 0.1) is 13.8 Å². The summed E-state index contributed by atoms with van der Waals surface area (Å²) >= 11 is 0. The second-order valence-electron chi connectivity index (χ2n) is 8.73. The van der Waals surface area contributed by atoms with Gasteiger partial charge in [-0.3, -0.25) is 9.10 Å². The lowest BCUT2D eigenvalue weighted by Crippen LogP contribution is -2.29. The number of carbonyl (C=O) groups excluding carboxylic acids is 1. The van der Waals surface area contributed by atoms with Crippen molar-refractivity contribution in [2.24, 2.45) is 0 Å². The van der Waals surface area contributed by atoms with E-state index in [9.17, 15) is 13.2 Å². The second-order valence-corrected chi connectivity index (χ2v) is 10.6. The molecule has 1 amide bonds. The lowest BCUT2D eigenvalue weighted by molar-refractivity contribution is 0.0951. The first-order valence-electron chi connectivity index (χ1n) is 11.2. The fraction of sp³-hybridized carbons (Fsp3) is 0.296. The number of amides is 1. The maximum absolute atomic E-state index is 12.6. The van der Waals surface area contributed by atoms with Crippen molar-refractivity contribution < 1.29 is 17.9 Å². The summed E-state index contributed by atoms with van der Waals surface area (Å²) in [5.41, 5.74) is 5.03. The third kappa shape index (κ3) is 6.84. The van der Waals surface area contributed by atoms with E-state index in [1.807, 2.05) is 70.2 Å². The van der Waals surface area contributed by atoms with Crippen LogP contribution in [0.3, 0.4) is 0 Å². The summed E-state index contributed by atoms with van der Waals surface area (Å²) in [6.07, 6.45) is 1.31. The van der Waals surface area contributed by atoms with Gasteiger partial charge in [-0.2, -0.15) is 0 Å². The number of rotatable bonds is 9. The number of ether oxygens (including phenoxy) is 1. The summed E-state index contributed by atoms with van der Waals surface area (Å²) in [6.45, 7) is 8.48. The monoisotopic (exact) mass is 480 g/mol. The Hall–Kier alpha value is -3.32. The van der Waals surface area contributed by atoms with E-state index in [2.05, 4.69) is 5.32 Å². The van der Waals surface area contributed by atoms with Crippen LogP contribution in [0.25, 0.3) is 0 Å². The average molecular weight is 481 g/mol. The molecule has 3 aromatic rings. The van der Waals surface area contributed by atoms with Crippen LogP contribution < -0.4 is 14.4 Å². The van der Waals surface area contributed by atoms with Crippen LogP contribution in [0.5, 0.6) is 5.75 Å². The van der Waals surface area contributed by atoms with Gasteiger partial charge in [0.25, 0.3) is 5.91 Å². The summed E-state index contributed by atoms with van der Waals surface area (Å²) in [4.78, 5) is 12.6. The molecule has 0 heterocycles. The van der Waals surface area contributed by atoms with Gasteiger partial charge in [0, 0.05) is 12.1 Å². The van der Waals surface area contributed by atoms with Crippen molar-refractivity contribution in [3.05, 3.63) is 94.5 Å². The zero-order chi connectivity index (χ0) is 24.9. The van der Waals surface area contributed by atoms with Crippen molar-refractivity contribution in [2.45, 2.75) is 46.9 Å².